The summed E-state index contributed by atoms with van der Waals surface area (Å²) in [5, 5.41) is 20.6. The number of carboxylic acids is 1. The quantitative estimate of drug-likeness (QED) is 0.245. The first-order valence-corrected chi connectivity index (χ1v) is 7.95. The number of unbranched alkanes of at least 4 members (excludes halogenated alkanes) is 7. The van der Waals surface area contributed by atoms with Gasteiger partial charge >= 0.3 is 35.5 Å². The molecule has 0 aliphatic heterocycles. The number of aliphatic carboxylic acids is 1. The Balaban J connectivity index is 0. The van der Waals surface area contributed by atoms with Crippen molar-refractivity contribution in [3.05, 3.63) is 0 Å². The van der Waals surface area contributed by atoms with E-state index in [1.54, 1.807) is 13.8 Å². The average molecular weight is 307 g/mol. The van der Waals surface area contributed by atoms with Crippen LogP contribution in [0.1, 0.15) is 78.6 Å². The van der Waals surface area contributed by atoms with Crippen molar-refractivity contribution in [3.8, 4) is 0 Å². The zero-order valence-corrected chi connectivity index (χ0v) is 16.2. The summed E-state index contributed by atoms with van der Waals surface area (Å²) >= 11 is 0. The summed E-state index contributed by atoms with van der Waals surface area (Å²) in [6.45, 7) is 5.74. The summed E-state index contributed by atoms with van der Waals surface area (Å²) in [7, 11) is 0. The number of rotatable bonds is 12. The van der Waals surface area contributed by atoms with Gasteiger partial charge in [-0.05, 0) is 24.7 Å². The molecule has 0 aliphatic rings. The molecule has 5 heteroatoms. The first kappa shape index (κ1) is 23.2. The zero-order chi connectivity index (χ0) is 15.4. The van der Waals surface area contributed by atoms with Crippen LogP contribution in [0.2, 0.25) is 0 Å². The standard InChI is InChI=1S/C16H31NO3.Na/c1-4-5-6-7-8-9-10-11-12-14(18)17-15(13(2)3)16(19)20;/h13,15H,4-12H2,1-3H3,(H,17,18)(H,19,20);/q;+1/p-1/t15-;/m0./s1. The molecule has 0 fully saturated rings. The maximum Gasteiger partial charge on any atom is 1.00 e. The summed E-state index contributed by atoms with van der Waals surface area (Å²) in [5.74, 6) is -1.42. The van der Waals surface area contributed by atoms with Crippen molar-refractivity contribution in [3.63, 3.8) is 0 Å². The molecule has 0 spiro atoms. The zero-order valence-electron chi connectivity index (χ0n) is 14.2. The van der Waals surface area contributed by atoms with Crippen molar-refractivity contribution >= 4 is 11.9 Å². The molecule has 0 radical (unpaired) electrons. The molecule has 0 aromatic carbocycles. The predicted octanol–water partition coefficient (Wildman–Crippen LogP) is 0.389. The second-order valence-corrected chi connectivity index (χ2v) is 5.77. The maximum absolute atomic E-state index is 11.6. The monoisotopic (exact) mass is 307 g/mol. The number of hydrogen-bond donors (Lipinski definition) is 1. The van der Waals surface area contributed by atoms with E-state index in [9.17, 15) is 9.90 Å². The molecule has 4 nitrogen and oxygen atoms in total. The van der Waals surface area contributed by atoms with E-state index in [-0.39, 0.29) is 41.4 Å². The first-order valence-electron chi connectivity index (χ1n) is 7.95. The fourth-order valence-corrected chi connectivity index (χ4v) is 2.12. The Bertz CT molecular complexity index is 293. The molecular weight excluding hydrogens is 277 g/mol. The van der Waals surface area contributed by atoms with Gasteiger partial charge in [0.1, 0.15) is 6.04 Å². The largest absolute Gasteiger partial charge is 1.00 e. The van der Waals surface area contributed by atoms with Crippen LogP contribution >= 0.6 is 0 Å². The topological polar surface area (TPSA) is 72.7 Å². The second kappa shape index (κ2) is 14.9. The van der Waals surface area contributed by atoms with Crippen LogP contribution < -0.4 is 34.7 Å². The van der Waals surface area contributed by atoms with E-state index in [1.807, 2.05) is 0 Å². The molecule has 0 saturated carbocycles. The molecule has 0 rings (SSSR count). The molecular formula is C16H30NNaO3. The van der Waals surface area contributed by atoms with Crippen LogP contribution in [-0.4, -0.2) is 23.0 Å². The van der Waals surface area contributed by atoms with E-state index in [0.717, 1.165) is 19.3 Å². The molecule has 21 heavy (non-hydrogen) atoms. The van der Waals surface area contributed by atoms with Crippen LogP contribution in [0.15, 0.2) is 4.99 Å². The van der Waals surface area contributed by atoms with E-state index in [1.165, 1.54) is 32.1 Å². The molecule has 0 bridgehead atoms. The minimum Gasteiger partial charge on any atom is -0.862 e. The van der Waals surface area contributed by atoms with Gasteiger partial charge in [0.25, 0.3) is 0 Å². The maximum atomic E-state index is 11.6. The summed E-state index contributed by atoms with van der Waals surface area (Å²) in [6, 6.07) is -0.892. The van der Waals surface area contributed by atoms with Crippen molar-refractivity contribution < 1.29 is 44.6 Å². The van der Waals surface area contributed by atoms with Gasteiger partial charge in [0.15, 0.2) is 0 Å². The van der Waals surface area contributed by atoms with Gasteiger partial charge in [-0.25, -0.2) is 4.79 Å². The molecule has 118 valence electrons. The number of carbonyl (C=O) groups is 1. The van der Waals surface area contributed by atoms with Crippen molar-refractivity contribution in [1.29, 1.82) is 0 Å². The Morgan fingerprint density at radius 3 is 1.95 bits per heavy atom. The molecule has 0 saturated heterocycles. The van der Waals surface area contributed by atoms with Gasteiger partial charge in [-0.15, -0.1) is 0 Å². The first-order chi connectivity index (χ1) is 9.49. The van der Waals surface area contributed by atoms with Gasteiger partial charge in [0.2, 0.25) is 0 Å². The summed E-state index contributed by atoms with van der Waals surface area (Å²) in [4.78, 5) is 14.7. The fraction of sp³-hybridized carbons (Fsp3) is 0.875. The van der Waals surface area contributed by atoms with Gasteiger partial charge < -0.3 is 10.2 Å². The number of hydrogen-bond acceptors (Lipinski definition) is 3. The van der Waals surface area contributed by atoms with Gasteiger partial charge in [-0.3, -0.25) is 4.99 Å². The molecule has 0 unspecified atom stereocenters. The molecule has 0 amide bonds. The minimum absolute atomic E-state index is 0. The Morgan fingerprint density at radius 1 is 1.05 bits per heavy atom. The molecule has 0 heterocycles. The van der Waals surface area contributed by atoms with Crippen molar-refractivity contribution in [1.82, 2.24) is 0 Å². The number of aliphatic imine (C=N–C) groups is 1. The van der Waals surface area contributed by atoms with Crippen LogP contribution in [0.25, 0.3) is 0 Å². The van der Waals surface area contributed by atoms with Crippen LogP contribution in [0.4, 0.5) is 0 Å². The predicted molar refractivity (Wildman–Crippen MR) is 80.9 cm³/mol. The van der Waals surface area contributed by atoms with Gasteiger partial charge in [0, 0.05) is 0 Å². The Kier molecular flexibility index (Phi) is 16.4. The van der Waals surface area contributed by atoms with Crippen LogP contribution in [0.3, 0.4) is 0 Å². The third kappa shape index (κ3) is 13.3. The Labute approximate surface area is 151 Å². The van der Waals surface area contributed by atoms with E-state index in [0.29, 0.717) is 6.42 Å². The summed E-state index contributed by atoms with van der Waals surface area (Å²) in [6.07, 6.45) is 9.78. The molecule has 0 aromatic rings. The normalized spacial score (nSPS) is 13.0. The Morgan fingerprint density at radius 2 is 1.52 bits per heavy atom. The fourth-order valence-electron chi connectivity index (χ4n) is 2.12. The second-order valence-electron chi connectivity index (χ2n) is 5.77. The smallest absolute Gasteiger partial charge is 0.862 e. The number of nitrogens with zero attached hydrogens (tertiary/aromatic N) is 1. The van der Waals surface area contributed by atoms with E-state index >= 15 is 0 Å². The van der Waals surface area contributed by atoms with Crippen LogP contribution in [0.5, 0.6) is 0 Å². The van der Waals surface area contributed by atoms with Crippen molar-refractivity contribution in [2.24, 2.45) is 10.9 Å². The average Bonchev–Trinajstić information content (AvgIpc) is 2.38. The third-order valence-corrected chi connectivity index (χ3v) is 3.41. The Hall–Kier alpha value is -0.0600. The number of carboxylic acid groups (broad SMARTS) is 1. The SMILES string of the molecule is CCCCCCCCCCC([O-])=N[C@H](C(=O)O)C(C)C.[Na+]. The molecule has 1 N–H and O–H groups in total. The van der Waals surface area contributed by atoms with Crippen molar-refractivity contribution in [2.45, 2.75) is 84.6 Å². The molecule has 0 aromatic heterocycles. The van der Waals surface area contributed by atoms with Gasteiger partial charge in [-0.2, -0.15) is 0 Å². The molecule has 1 atom stereocenters. The minimum atomic E-state index is -1.01. The molecule has 0 aliphatic carbocycles. The van der Waals surface area contributed by atoms with E-state index < -0.39 is 12.0 Å². The van der Waals surface area contributed by atoms with Crippen LogP contribution in [0, 0.1) is 5.92 Å². The van der Waals surface area contributed by atoms with E-state index in [2.05, 4.69) is 11.9 Å². The summed E-state index contributed by atoms with van der Waals surface area (Å²) < 4.78 is 0. The van der Waals surface area contributed by atoms with E-state index in [4.69, 9.17) is 5.11 Å². The van der Waals surface area contributed by atoms with Crippen molar-refractivity contribution in [2.75, 3.05) is 0 Å². The van der Waals surface area contributed by atoms with Gasteiger partial charge in [0.05, 0.1) is 0 Å². The van der Waals surface area contributed by atoms with Crippen LogP contribution in [-0.2, 0) is 4.79 Å². The third-order valence-electron chi connectivity index (χ3n) is 3.41. The summed E-state index contributed by atoms with van der Waals surface area (Å²) in [5.41, 5.74) is 0. The van der Waals surface area contributed by atoms with Gasteiger partial charge in [-0.1, -0.05) is 65.7 Å².